The monoisotopic (exact) mass is 500 g/mol. The average Bonchev–Trinajstić information content (AvgIpc) is 2.84. The van der Waals surface area contributed by atoms with E-state index in [9.17, 15) is 0 Å². The Hall–Kier alpha value is -1.80. The van der Waals surface area contributed by atoms with E-state index in [-0.39, 0.29) is 12.4 Å². The second kappa shape index (κ2) is 8.62. The van der Waals surface area contributed by atoms with Crippen molar-refractivity contribution in [3.8, 4) is 0 Å². The first kappa shape index (κ1) is 23.3. The van der Waals surface area contributed by atoms with Crippen LogP contribution in [0.2, 0.25) is 0 Å². The Bertz CT molecular complexity index is 1050. The maximum atomic E-state index is 2.84. The van der Waals surface area contributed by atoms with E-state index < -0.39 is 0 Å². The van der Waals surface area contributed by atoms with E-state index in [1.165, 1.54) is 88.4 Å². The quantitative estimate of drug-likeness (QED) is 0.324. The molecule has 8 aliphatic carbocycles. The SMILES string of the molecule is C(N(c1ccccc1)C12CC3CC(CC(C3)C1)C2)=[N+](c1ccccc1)C12CC3CC(CC(C3)C1)C2.[Cl-]. The normalized spacial score (nSPS) is 41.8. The highest BCUT2D eigenvalue weighted by atomic mass is 35.5. The Morgan fingerprint density at radius 2 is 1.00 bits per heavy atom. The van der Waals surface area contributed by atoms with Gasteiger partial charge in [0.2, 0.25) is 6.34 Å². The van der Waals surface area contributed by atoms with Gasteiger partial charge in [0, 0.05) is 0 Å². The molecular formula is C33H41ClN2. The lowest BCUT2D eigenvalue weighted by atomic mass is 9.52. The Balaban J connectivity index is 0.00000220. The lowest BCUT2D eigenvalue weighted by Gasteiger charge is -2.58. The number of rotatable bonds is 5. The second-order valence-electron chi connectivity index (χ2n) is 13.8. The summed E-state index contributed by atoms with van der Waals surface area (Å²) in [6.45, 7) is 0. The molecule has 3 heteroatoms. The highest BCUT2D eigenvalue weighted by molar-refractivity contribution is 5.79. The van der Waals surface area contributed by atoms with Crippen LogP contribution in [0.5, 0.6) is 0 Å². The van der Waals surface area contributed by atoms with E-state index in [0.717, 1.165) is 35.5 Å². The molecule has 0 heterocycles. The first-order chi connectivity index (χ1) is 17.2. The Kier molecular flexibility index (Phi) is 5.58. The van der Waals surface area contributed by atoms with Crippen molar-refractivity contribution in [3.05, 3.63) is 60.7 Å². The topological polar surface area (TPSA) is 6.25 Å². The average molecular weight is 501 g/mol. The molecule has 190 valence electrons. The molecule has 2 aromatic rings. The van der Waals surface area contributed by atoms with Crippen LogP contribution in [0.15, 0.2) is 60.7 Å². The molecule has 36 heavy (non-hydrogen) atoms. The van der Waals surface area contributed by atoms with Gasteiger partial charge in [-0.15, -0.1) is 0 Å². The van der Waals surface area contributed by atoms with Crippen LogP contribution >= 0.6 is 0 Å². The van der Waals surface area contributed by atoms with Crippen molar-refractivity contribution in [3.63, 3.8) is 0 Å². The smallest absolute Gasteiger partial charge is 0.245 e. The molecule has 0 aromatic heterocycles. The van der Waals surface area contributed by atoms with Gasteiger partial charge >= 0.3 is 0 Å². The minimum Gasteiger partial charge on any atom is -1.00 e. The number of anilines is 1. The van der Waals surface area contributed by atoms with Gasteiger partial charge in [-0.3, -0.25) is 0 Å². The zero-order chi connectivity index (χ0) is 23.0. The number of hydrogen-bond donors (Lipinski definition) is 0. The van der Waals surface area contributed by atoms with E-state index in [1.54, 1.807) is 0 Å². The fraction of sp³-hybridized carbons (Fsp3) is 0.606. The van der Waals surface area contributed by atoms with Gasteiger partial charge in [0.25, 0.3) is 0 Å². The van der Waals surface area contributed by atoms with Crippen molar-refractivity contribution in [1.29, 1.82) is 0 Å². The van der Waals surface area contributed by atoms with Crippen LogP contribution in [0.1, 0.15) is 77.0 Å². The van der Waals surface area contributed by atoms with E-state index in [4.69, 9.17) is 0 Å². The third kappa shape index (κ3) is 3.69. The first-order valence-corrected chi connectivity index (χ1v) is 14.7. The Labute approximate surface area is 223 Å². The predicted molar refractivity (Wildman–Crippen MR) is 143 cm³/mol. The fourth-order valence-electron chi connectivity index (χ4n) is 10.9. The maximum absolute atomic E-state index is 2.84. The summed E-state index contributed by atoms with van der Waals surface area (Å²) in [5.74, 6) is 5.70. The minimum absolute atomic E-state index is 0. The summed E-state index contributed by atoms with van der Waals surface area (Å²) in [7, 11) is 0. The molecular weight excluding hydrogens is 460 g/mol. The zero-order valence-electron chi connectivity index (χ0n) is 21.6. The Morgan fingerprint density at radius 1 is 0.583 bits per heavy atom. The third-order valence-electron chi connectivity index (χ3n) is 11.3. The molecule has 0 atom stereocenters. The summed E-state index contributed by atoms with van der Waals surface area (Å²) in [4.78, 5) is 2.84. The van der Waals surface area contributed by atoms with Gasteiger partial charge in [-0.25, -0.2) is 9.48 Å². The Morgan fingerprint density at radius 3 is 1.47 bits per heavy atom. The second-order valence-corrected chi connectivity index (χ2v) is 13.8. The van der Waals surface area contributed by atoms with Crippen molar-refractivity contribution in [1.82, 2.24) is 0 Å². The van der Waals surface area contributed by atoms with Crippen LogP contribution in [0, 0.1) is 35.5 Å². The fourth-order valence-corrected chi connectivity index (χ4v) is 10.9. The minimum atomic E-state index is 0. The van der Waals surface area contributed by atoms with Gasteiger partial charge in [0.15, 0.2) is 0 Å². The van der Waals surface area contributed by atoms with E-state index in [0.29, 0.717) is 11.1 Å². The predicted octanol–water partition coefficient (Wildman–Crippen LogP) is 4.81. The van der Waals surface area contributed by atoms with Crippen LogP contribution < -0.4 is 17.3 Å². The summed E-state index contributed by atoms with van der Waals surface area (Å²) in [5, 5.41) is 0. The van der Waals surface area contributed by atoms with Gasteiger partial charge in [-0.05, 0) is 137 Å². The van der Waals surface area contributed by atoms with Crippen molar-refractivity contribution in [2.75, 3.05) is 4.90 Å². The van der Waals surface area contributed by atoms with Gasteiger partial charge in [0.05, 0.1) is 0 Å². The molecule has 0 radical (unpaired) electrons. The summed E-state index contributed by atoms with van der Waals surface area (Å²) >= 11 is 0. The van der Waals surface area contributed by atoms with Gasteiger partial charge in [0.1, 0.15) is 22.5 Å². The first-order valence-electron chi connectivity index (χ1n) is 14.7. The van der Waals surface area contributed by atoms with Gasteiger partial charge in [-0.2, -0.15) is 0 Å². The number of hydrogen-bond acceptors (Lipinski definition) is 0. The van der Waals surface area contributed by atoms with Crippen LogP contribution in [-0.4, -0.2) is 22.0 Å². The summed E-state index contributed by atoms with van der Waals surface area (Å²) in [6, 6.07) is 23.0. The molecule has 0 amide bonds. The number of para-hydroxylation sites is 2. The number of halogens is 1. The zero-order valence-corrected chi connectivity index (χ0v) is 22.3. The molecule has 8 bridgehead atoms. The molecule has 2 nitrogen and oxygen atoms in total. The van der Waals surface area contributed by atoms with Crippen LogP contribution in [0.3, 0.4) is 0 Å². The van der Waals surface area contributed by atoms with Crippen LogP contribution in [0.25, 0.3) is 0 Å². The number of benzene rings is 2. The molecule has 0 N–H and O–H groups in total. The molecule has 8 fully saturated rings. The summed E-state index contributed by atoms with van der Waals surface area (Å²) in [6.07, 6.45) is 20.0. The standard InChI is InChI=1S/C33H41N2.ClH/c1-3-7-30(8-4-1)34(32-17-24-11-25(18-32)13-26(12-24)19-32)23-35(31-9-5-2-6-10-31)33-20-27-14-28(21-33)16-29(15-27)22-33;/h1-10,23-29H,11-22H2;1H/q+1;/p-1. The molecule has 10 rings (SSSR count). The van der Waals surface area contributed by atoms with E-state index in [1.807, 2.05) is 0 Å². The molecule has 8 aliphatic rings. The maximum Gasteiger partial charge on any atom is 0.245 e. The van der Waals surface area contributed by atoms with E-state index in [2.05, 4.69) is 76.5 Å². The summed E-state index contributed by atoms with van der Waals surface area (Å²) < 4.78 is 2.84. The largest absolute Gasteiger partial charge is 1.00 e. The molecule has 0 saturated heterocycles. The molecule has 2 aromatic carbocycles. The van der Waals surface area contributed by atoms with Gasteiger partial charge in [-0.1, -0.05) is 36.4 Å². The van der Waals surface area contributed by atoms with Crippen LogP contribution in [-0.2, 0) is 0 Å². The van der Waals surface area contributed by atoms with Crippen molar-refractivity contribution in [2.24, 2.45) is 35.5 Å². The highest BCUT2D eigenvalue weighted by Crippen LogP contribution is 2.60. The number of nitrogens with zero attached hydrogens (tertiary/aromatic N) is 2. The van der Waals surface area contributed by atoms with Crippen LogP contribution in [0.4, 0.5) is 11.4 Å². The van der Waals surface area contributed by atoms with Gasteiger partial charge < -0.3 is 12.4 Å². The molecule has 0 aliphatic heterocycles. The summed E-state index contributed by atoms with van der Waals surface area (Å²) in [5.41, 5.74) is 3.46. The van der Waals surface area contributed by atoms with Crippen molar-refractivity contribution >= 4 is 17.7 Å². The van der Waals surface area contributed by atoms with Crippen molar-refractivity contribution < 1.29 is 17.0 Å². The van der Waals surface area contributed by atoms with Crippen molar-refractivity contribution in [2.45, 2.75) is 88.1 Å². The lowest BCUT2D eigenvalue weighted by molar-refractivity contribution is -0.553. The lowest BCUT2D eigenvalue weighted by Crippen LogP contribution is -3.00. The van der Waals surface area contributed by atoms with E-state index >= 15 is 0 Å². The molecule has 0 spiro atoms. The highest BCUT2D eigenvalue weighted by Gasteiger charge is 2.59. The molecule has 8 saturated carbocycles. The third-order valence-corrected chi connectivity index (χ3v) is 11.3. The molecule has 0 unspecified atom stereocenters.